The van der Waals surface area contributed by atoms with Crippen molar-refractivity contribution < 1.29 is 9.22 Å². The first-order valence-corrected chi connectivity index (χ1v) is 6.58. The van der Waals surface area contributed by atoms with Crippen molar-refractivity contribution in [1.82, 2.24) is 0 Å². The van der Waals surface area contributed by atoms with Crippen molar-refractivity contribution in [2.75, 3.05) is 0 Å². The summed E-state index contributed by atoms with van der Waals surface area (Å²) in [7, 11) is 3.04. The van der Waals surface area contributed by atoms with Crippen molar-refractivity contribution in [3.8, 4) is 0 Å². The zero-order valence-electron chi connectivity index (χ0n) is 11.4. The Hall–Kier alpha value is -0.643. The zero-order valence-corrected chi connectivity index (χ0v) is 13.2. The van der Waals surface area contributed by atoms with Gasteiger partial charge in [0, 0.05) is 5.56 Å². The molecule has 0 fully saturated rings. The average molecular weight is 282 g/mol. The minimum Gasteiger partial charge on any atom is -0.406 e. The molecule has 0 amide bonds. The van der Waals surface area contributed by atoms with E-state index in [0.717, 1.165) is 5.56 Å². The van der Waals surface area contributed by atoms with E-state index in [9.17, 15) is 4.79 Å². The fourth-order valence-electron chi connectivity index (χ4n) is 1.62. The number of carbonyl (C=O) groups is 1. The van der Waals surface area contributed by atoms with Gasteiger partial charge in [0.05, 0.1) is 5.02 Å². The molecular formula is C14H18ClO2Si. The van der Waals surface area contributed by atoms with Gasteiger partial charge < -0.3 is 4.43 Å². The monoisotopic (exact) mass is 281 g/mol. The highest BCUT2D eigenvalue weighted by atomic mass is 35.5. The summed E-state index contributed by atoms with van der Waals surface area (Å²) in [4.78, 5) is 12.7. The summed E-state index contributed by atoms with van der Waals surface area (Å²) < 4.78 is 5.31. The molecule has 0 aliphatic heterocycles. The predicted octanol–water partition coefficient (Wildman–Crippen LogP) is 3.74. The number of carbonyl (C=O) groups excluding carboxylic acids is 1. The Balaban J connectivity index is 3.33. The topological polar surface area (TPSA) is 26.3 Å². The first-order chi connectivity index (χ1) is 8.15. The van der Waals surface area contributed by atoms with Gasteiger partial charge in [-0.2, -0.15) is 0 Å². The van der Waals surface area contributed by atoms with Crippen LogP contribution in [0.2, 0.25) is 5.02 Å². The van der Waals surface area contributed by atoms with Crippen molar-refractivity contribution in [3.05, 3.63) is 34.3 Å². The van der Waals surface area contributed by atoms with Crippen LogP contribution < -0.4 is 0 Å². The fraction of sp³-hybridized carbons (Fsp3) is 0.500. The molecule has 1 atom stereocenters. The highest BCUT2D eigenvalue weighted by molar-refractivity contribution is 6.35. The number of rotatable bonds is 3. The molecule has 3 radical (unpaired) electrons. The number of halogens is 1. The van der Waals surface area contributed by atoms with Gasteiger partial charge >= 0.3 is 0 Å². The van der Waals surface area contributed by atoms with Gasteiger partial charge in [0.1, 0.15) is 5.60 Å². The van der Waals surface area contributed by atoms with Gasteiger partial charge in [0.25, 0.3) is 0 Å². The van der Waals surface area contributed by atoms with E-state index >= 15 is 0 Å². The maximum absolute atomic E-state index is 12.7. The number of hydrogen-bond donors (Lipinski definition) is 0. The van der Waals surface area contributed by atoms with Crippen molar-refractivity contribution in [1.29, 1.82) is 0 Å². The van der Waals surface area contributed by atoms with E-state index in [0.29, 0.717) is 10.6 Å². The Labute approximate surface area is 117 Å². The molecule has 18 heavy (non-hydrogen) atoms. The minimum atomic E-state index is -0.985. The van der Waals surface area contributed by atoms with Gasteiger partial charge in [-0.1, -0.05) is 44.5 Å². The Morgan fingerprint density at radius 3 is 2.28 bits per heavy atom. The molecule has 0 spiro atoms. The molecule has 2 nitrogen and oxygen atoms in total. The Morgan fingerprint density at radius 1 is 1.28 bits per heavy atom. The molecule has 0 N–H and O–H groups in total. The van der Waals surface area contributed by atoms with Crippen molar-refractivity contribution in [2.24, 2.45) is 5.41 Å². The van der Waals surface area contributed by atoms with Crippen LogP contribution in [0.1, 0.15) is 43.6 Å². The third-order valence-electron chi connectivity index (χ3n) is 3.51. The lowest BCUT2D eigenvalue weighted by atomic mass is 9.73. The lowest BCUT2D eigenvalue weighted by Gasteiger charge is -2.39. The molecule has 1 aromatic rings. The van der Waals surface area contributed by atoms with Crippen LogP contribution in [0.3, 0.4) is 0 Å². The van der Waals surface area contributed by atoms with E-state index in [1.165, 1.54) is 0 Å². The number of aryl methyl sites for hydroxylation is 1. The van der Waals surface area contributed by atoms with E-state index in [1.807, 2.05) is 39.8 Å². The summed E-state index contributed by atoms with van der Waals surface area (Å²) in [6.45, 7) is 9.50. The van der Waals surface area contributed by atoms with Crippen LogP contribution in [0.5, 0.6) is 0 Å². The van der Waals surface area contributed by atoms with Gasteiger partial charge in [0.15, 0.2) is 5.78 Å². The molecule has 0 aromatic heterocycles. The van der Waals surface area contributed by atoms with E-state index in [4.69, 9.17) is 16.0 Å². The van der Waals surface area contributed by atoms with E-state index < -0.39 is 5.60 Å². The first kappa shape index (κ1) is 15.4. The van der Waals surface area contributed by atoms with Crippen molar-refractivity contribution in [3.63, 3.8) is 0 Å². The van der Waals surface area contributed by atoms with Crippen LogP contribution in [0, 0.1) is 12.3 Å². The molecule has 0 saturated carbocycles. The SMILES string of the molecule is Cc1cccc(C(=O)C(C)(O[Si])C(C)(C)C)c1Cl. The summed E-state index contributed by atoms with van der Waals surface area (Å²) >= 11 is 6.21. The summed E-state index contributed by atoms with van der Waals surface area (Å²) in [5, 5.41) is 0.488. The molecule has 4 heteroatoms. The Morgan fingerprint density at radius 2 is 1.83 bits per heavy atom. The minimum absolute atomic E-state index is 0.126. The highest BCUT2D eigenvalue weighted by Crippen LogP contribution is 2.37. The maximum Gasteiger partial charge on any atom is 0.247 e. The van der Waals surface area contributed by atoms with Gasteiger partial charge in [-0.15, -0.1) is 0 Å². The molecule has 1 rings (SSSR count). The van der Waals surface area contributed by atoms with Crippen LogP contribution in [0.15, 0.2) is 18.2 Å². The summed E-state index contributed by atoms with van der Waals surface area (Å²) in [6, 6.07) is 5.43. The van der Waals surface area contributed by atoms with Gasteiger partial charge in [-0.3, -0.25) is 4.79 Å². The number of ketones is 1. The number of Topliss-reactive ketones (excluding diaryl/α,β-unsaturated/α-hetero) is 1. The fourth-order valence-corrected chi connectivity index (χ4v) is 2.23. The smallest absolute Gasteiger partial charge is 0.247 e. The second-order valence-electron chi connectivity index (χ2n) is 5.65. The molecule has 0 aliphatic rings. The standard InChI is InChI=1S/C14H18ClO2Si/c1-9-7-6-8-10(11(9)15)12(16)14(5,17-18)13(2,3)4/h6-8H,1-5H3. The molecule has 1 aromatic carbocycles. The van der Waals surface area contributed by atoms with E-state index in [1.54, 1.807) is 13.0 Å². The maximum atomic E-state index is 12.7. The quantitative estimate of drug-likeness (QED) is 0.623. The van der Waals surface area contributed by atoms with Gasteiger partial charge in [0.2, 0.25) is 10.5 Å². The molecule has 0 saturated heterocycles. The molecule has 0 aliphatic carbocycles. The largest absolute Gasteiger partial charge is 0.406 e. The van der Waals surface area contributed by atoms with Crippen LogP contribution in [0.4, 0.5) is 0 Å². The Kier molecular flexibility index (Phi) is 4.41. The Bertz CT molecular complexity index is 465. The molecule has 0 bridgehead atoms. The lowest BCUT2D eigenvalue weighted by Crippen LogP contribution is -2.49. The van der Waals surface area contributed by atoms with Crippen LogP contribution in [-0.2, 0) is 4.43 Å². The highest BCUT2D eigenvalue weighted by Gasteiger charge is 2.45. The first-order valence-electron chi connectivity index (χ1n) is 5.80. The normalized spacial score (nSPS) is 15.3. The van der Waals surface area contributed by atoms with E-state index in [2.05, 4.69) is 10.5 Å². The molecule has 97 valence electrons. The predicted molar refractivity (Wildman–Crippen MR) is 75.2 cm³/mol. The summed E-state index contributed by atoms with van der Waals surface area (Å²) in [5.41, 5.74) is 0.0281. The lowest BCUT2D eigenvalue weighted by molar-refractivity contribution is 0.00294. The average Bonchev–Trinajstić information content (AvgIpc) is 2.29. The van der Waals surface area contributed by atoms with Crippen LogP contribution in [-0.4, -0.2) is 21.9 Å². The van der Waals surface area contributed by atoms with E-state index in [-0.39, 0.29) is 11.2 Å². The van der Waals surface area contributed by atoms with Crippen molar-refractivity contribution in [2.45, 2.75) is 40.2 Å². The summed E-state index contributed by atoms with van der Waals surface area (Å²) in [5.74, 6) is -0.126. The summed E-state index contributed by atoms with van der Waals surface area (Å²) in [6.07, 6.45) is 0. The second kappa shape index (κ2) is 5.15. The third kappa shape index (κ3) is 2.53. The van der Waals surface area contributed by atoms with Gasteiger partial charge in [-0.25, -0.2) is 0 Å². The third-order valence-corrected chi connectivity index (χ3v) is 4.41. The molecule has 0 heterocycles. The molecule has 1 unspecified atom stereocenters. The van der Waals surface area contributed by atoms with Gasteiger partial charge in [-0.05, 0) is 30.9 Å². The van der Waals surface area contributed by atoms with Crippen LogP contribution in [0.25, 0.3) is 0 Å². The number of hydrogen-bond acceptors (Lipinski definition) is 2. The second-order valence-corrected chi connectivity index (χ2v) is 6.23. The van der Waals surface area contributed by atoms with Crippen LogP contribution >= 0.6 is 11.6 Å². The zero-order chi connectivity index (χ0) is 14.1. The number of benzene rings is 1. The molecular weight excluding hydrogens is 264 g/mol. The van der Waals surface area contributed by atoms with Crippen molar-refractivity contribution >= 4 is 27.9 Å².